The minimum Gasteiger partial charge on any atom is -0.365 e. The van der Waals surface area contributed by atoms with Crippen LogP contribution in [-0.2, 0) is 0 Å². The molecule has 1 N–H and O–H groups in total. The van der Waals surface area contributed by atoms with Gasteiger partial charge in [0.05, 0.1) is 5.69 Å². The van der Waals surface area contributed by atoms with Crippen molar-refractivity contribution >= 4 is 27.4 Å². The third-order valence-electron chi connectivity index (χ3n) is 1.95. The number of nitrogens with zero attached hydrogens (tertiary/aromatic N) is 3. The second kappa shape index (κ2) is 3.81. The predicted molar refractivity (Wildman–Crippen MR) is 64.2 cm³/mol. The van der Waals surface area contributed by atoms with Gasteiger partial charge in [0.2, 0.25) is 0 Å². The number of nitrogens with one attached hydrogen (secondary N) is 1. The van der Waals surface area contributed by atoms with Crippen molar-refractivity contribution in [2.24, 2.45) is 0 Å². The maximum absolute atomic E-state index is 4.42. The molecule has 4 nitrogen and oxygen atoms in total. The normalized spacial score (nSPS) is 11.3. The number of fused-ring (bicyclic) bond motifs is 1. The monoisotopic (exact) mass is 268 g/mol. The highest BCUT2D eigenvalue weighted by Crippen LogP contribution is 2.18. The molecule has 0 atom stereocenters. The zero-order valence-electron chi connectivity index (χ0n) is 8.95. The van der Waals surface area contributed by atoms with E-state index < -0.39 is 0 Å². The number of aromatic nitrogens is 3. The molecule has 0 aromatic carbocycles. The Morgan fingerprint density at radius 1 is 1.33 bits per heavy atom. The van der Waals surface area contributed by atoms with Crippen LogP contribution in [0.4, 0.5) is 5.82 Å². The van der Waals surface area contributed by atoms with Crippen LogP contribution in [0.15, 0.2) is 17.0 Å². The molecule has 0 saturated heterocycles. The molecule has 0 unspecified atom stereocenters. The molecule has 2 aromatic heterocycles. The van der Waals surface area contributed by atoms with Gasteiger partial charge in [0.1, 0.15) is 4.60 Å². The zero-order valence-corrected chi connectivity index (χ0v) is 10.5. The Morgan fingerprint density at radius 2 is 2.07 bits per heavy atom. The van der Waals surface area contributed by atoms with Crippen LogP contribution >= 0.6 is 15.9 Å². The molecule has 0 bridgehead atoms. The molecule has 2 heterocycles. The van der Waals surface area contributed by atoms with Gasteiger partial charge in [-0.1, -0.05) is 0 Å². The summed E-state index contributed by atoms with van der Waals surface area (Å²) in [4.78, 5) is 8.80. The van der Waals surface area contributed by atoms with Gasteiger partial charge in [-0.2, -0.15) is 0 Å². The molecule has 0 amide bonds. The third-order valence-corrected chi connectivity index (χ3v) is 2.34. The highest BCUT2D eigenvalue weighted by molar-refractivity contribution is 9.10. The molecule has 80 valence electrons. The van der Waals surface area contributed by atoms with E-state index in [-0.39, 0.29) is 0 Å². The fourth-order valence-corrected chi connectivity index (χ4v) is 1.86. The molecule has 0 saturated carbocycles. The van der Waals surface area contributed by atoms with Crippen LogP contribution in [0.1, 0.15) is 19.5 Å². The number of imidazole rings is 1. The lowest BCUT2D eigenvalue weighted by Crippen LogP contribution is -2.12. The Bertz CT molecular complexity index is 489. The van der Waals surface area contributed by atoms with Gasteiger partial charge in [-0.05, 0) is 36.7 Å². The minimum absolute atomic E-state index is 0.340. The van der Waals surface area contributed by atoms with Crippen LogP contribution in [-0.4, -0.2) is 20.4 Å². The Morgan fingerprint density at radius 3 is 2.73 bits per heavy atom. The molecule has 0 aliphatic carbocycles. The van der Waals surface area contributed by atoms with E-state index in [2.05, 4.69) is 45.1 Å². The van der Waals surface area contributed by atoms with Crippen LogP contribution < -0.4 is 5.32 Å². The fourth-order valence-electron chi connectivity index (χ4n) is 1.46. The van der Waals surface area contributed by atoms with Crippen molar-refractivity contribution < 1.29 is 0 Å². The first-order chi connectivity index (χ1) is 7.06. The molecule has 15 heavy (non-hydrogen) atoms. The lowest BCUT2D eigenvalue weighted by molar-refractivity contribution is 0.884. The molecule has 2 aromatic rings. The Labute approximate surface area is 96.9 Å². The van der Waals surface area contributed by atoms with E-state index in [1.807, 2.05) is 23.7 Å². The summed E-state index contributed by atoms with van der Waals surface area (Å²) < 4.78 is 2.77. The molecule has 0 spiro atoms. The molecule has 0 radical (unpaired) electrons. The fraction of sp³-hybridized carbons (Fsp3) is 0.400. The van der Waals surface area contributed by atoms with Crippen molar-refractivity contribution in [3.05, 3.63) is 22.7 Å². The Kier molecular flexibility index (Phi) is 2.65. The molecular weight excluding hydrogens is 256 g/mol. The van der Waals surface area contributed by atoms with Crippen LogP contribution in [0.2, 0.25) is 0 Å². The van der Waals surface area contributed by atoms with Gasteiger partial charge in [-0.3, -0.25) is 0 Å². The van der Waals surface area contributed by atoms with Crippen LogP contribution in [0, 0.1) is 6.92 Å². The molecule has 5 heteroatoms. The number of rotatable bonds is 2. The summed E-state index contributed by atoms with van der Waals surface area (Å²) in [5, 5.41) is 3.28. The highest BCUT2D eigenvalue weighted by Gasteiger charge is 2.08. The van der Waals surface area contributed by atoms with Crippen molar-refractivity contribution in [1.82, 2.24) is 14.4 Å². The van der Waals surface area contributed by atoms with E-state index in [9.17, 15) is 0 Å². The third kappa shape index (κ3) is 2.12. The van der Waals surface area contributed by atoms with Gasteiger partial charge < -0.3 is 9.72 Å². The summed E-state index contributed by atoms with van der Waals surface area (Å²) in [6, 6.07) is 0.340. The summed E-state index contributed by atoms with van der Waals surface area (Å²) in [6.07, 6.45) is 3.88. The lowest BCUT2D eigenvalue weighted by atomic mass is 10.4. The SMILES string of the molecule is Cc1cn2cc(Br)nc(NC(C)C)c2n1. The minimum atomic E-state index is 0.340. The standard InChI is InChI=1S/C10H13BrN4/c1-6(2)12-9-10-13-7(3)4-15(10)5-8(11)14-9/h4-6H,1-3H3,(H,12,14). The molecule has 0 aliphatic rings. The molecule has 0 fully saturated rings. The van der Waals surface area contributed by atoms with Crippen molar-refractivity contribution in [3.8, 4) is 0 Å². The maximum Gasteiger partial charge on any atom is 0.180 e. The van der Waals surface area contributed by atoms with Crippen molar-refractivity contribution in [2.45, 2.75) is 26.8 Å². The van der Waals surface area contributed by atoms with Crippen LogP contribution in [0.5, 0.6) is 0 Å². The molecule has 2 rings (SSSR count). The zero-order chi connectivity index (χ0) is 11.0. The second-order valence-electron chi connectivity index (χ2n) is 3.82. The summed E-state index contributed by atoms with van der Waals surface area (Å²) in [5.41, 5.74) is 1.85. The van der Waals surface area contributed by atoms with E-state index in [1.165, 1.54) is 0 Å². The van der Waals surface area contributed by atoms with E-state index in [0.29, 0.717) is 6.04 Å². The number of halogens is 1. The predicted octanol–water partition coefficient (Wildman–Crippen LogP) is 2.62. The topological polar surface area (TPSA) is 42.2 Å². The summed E-state index contributed by atoms with van der Waals surface area (Å²) >= 11 is 3.38. The number of hydrogen-bond donors (Lipinski definition) is 1. The Balaban J connectivity index is 2.59. The van der Waals surface area contributed by atoms with Crippen molar-refractivity contribution in [2.75, 3.05) is 5.32 Å². The number of anilines is 1. The van der Waals surface area contributed by atoms with E-state index in [0.717, 1.165) is 21.8 Å². The van der Waals surface area contributed by atoms with E-state index >= 15 is 0 Å². The van der Waals surface area contributed by atoms with Crippen LogP contribution in [0.3, 0.4) is 0 Å². The molecule has 0 aliphatic heterocycles. The van der Waals surface area contributed by atoms with Crippen molar-refractivity contribution in [1.29, 1.82) is 0 Å². The van der Waals surface area contributed by atoms with E-state index in [4.69, 9.17) is 0 Å². The van der Waals surface area contributed by atoms with Crippen molar-refractivity contribution in [3.63, 3.8) is 0 Å². The lowest BCUT2D eigenvalue weighted by Gasteiger charge is -2.10. The highest BCUT2D eigenvalue weighted by atomic mass is 79.9. The summed E-state index contributed by atoms with van der Waals surface area (Å²) in [5.74, 6) is 0.812. The first-order valence-electron chi connectivity index (χ1n) is 4.84. The quantitative estimate of drug-likeness (QED) is 0.911. The first kappa shape index (κ1) is 10.4. The van der Waals surface area contributed by atoms with Gasteiger partial charge in [0.15, 0.2) is 11.5 Å². The average molecular weight is 269 g/mol. The van der Waals surface area contributed by atoms with Gasteiger partial charge >= 0.3 is 0 Å². The Hall–Kier alpha value is -1.10. The van der Waals surface area contributed by atoms with Gasteiger partial charge in [-0.25, -0.2) is 9.97 Å². The number of aryl methyl sites for hydroxylation is 1. The first-order valence-corrected chi connectivity index (χ1v) is 5.64. The van der Waals surface area contributed by atoms with Gasteiger partial charge in [-0.15, -0.1) is 0 Å². The number of hydrogen-bond acceptors (Lipinski definition) is 3. The smallest absolute Gasteiger partial charge is 0.180 e. The largest absolute Gasteiger partial charge is 0.365 e. The average Bonchev–Trinajstić information content (AvgIpc) is 2.44. The second-order valence-corrected chi connectivity index (χ2v) is 4.64. The van der Waals surface area contributed by atoms with Gasteiger partial charge in [0.25, 0.3) is 0 Å². The van der Waals surface area contributed by atoms with E-state index in [1.54, 1.807) is 0 Å². The van der Waals surface area contributed by atoms with Gasteiger partial charge in [0, 0.05) is 18.4 Å². The van der Waals surface area contributed by atoms with Crippen LogP contribution in [0.25, 0.3) is 5.65 Å². The summed E-state index contributed by atoms with van der Waals surface area (Å²) in [6.45, 7) is 6.13. The summed E-state index contributed by atoms with van der Waals surface area (Å²) in [7, 11) is 0. The molecular formula is C10H13BrN4. The maximum atomic E-state index is 4.42.